The van der Waals surface area contributed by atoms with Crippen LogP contribution in [0.1, 0.15) is 32.6 Å². The molecule has 0 radical (unpaired) electrons. The highest BCUT2D eigenvalue weighted by Gasteiger charge is 2.24. The van der Waals surface area contributed by atoms with Gasteiger partial charge in [-0.3, -0.25) is 5.41 Å². The van der Waals surface area contributed by atoms with E-state index in [1.54, 1.807) is 4.90 Å². The van der Waals surface area contributed by atoms with Gasteiger partial charge in [-0.15, -0.1) is 0 Å². The second-order valence-electron chi connectivity index (χ2n) is 4.18. The van der Waals surface area contributed by atoms with E-state index in [4.69, 9.17) is 15.9 Å². The van der Waals surface area contributed by atoms with Crippen LogP contribution in [-0.4, -0.2) is 36.5 Å². The average molecular weight is 227 g/mol. The zero-order valence-corrected chi connectivity index (χ0v) is 9.87. The second-order valence-corrected chi connectivity index (χ2v) is 4.18. The Morgan fingerprint density at radius 1 is 1.50 bits per heavy atom. The van der Waals surface area contributed by atoms with Crippen molar-refractivity contribution in [1.82, 2.24) is 4.90 Å². The minimum absolute atomic E-state index is 0.139. The van der Waals surface area contributed by atoms with Crippen LogP contribution in [0.2, 0.25) is 0 Å². The SMILES string of the molecule is CCCCOC(=O)N1CCC(C(=N)N)CC1. The van der Waals surface area contributed by atoms with Gasteiger partial charge in [0.1, 0.15) is 0 Å². The number of amides is 1. The van der Waals surface area contributed by atoms with Gasteiger partial charge in [-0.1, -0.05) is 13.3 Å². The number of nitrogens with zero attached hydrogens (tertiary/aromatic N) is 1. The van der Waals surface area contributed by atoms with Gasteiger partial charge in [-0.05, 0) is 19.3 Å². The van der Waals surface area contributed by atoms with Gasteiger partial charge in [0, 0.05) is 19.0 Å². The maximum Gasteiger partial charge on any atom is 0.409 e. The van der Waals surface area contributed by atoms with Crippen molar-refractivity contribution in [2.24, 2.45) is 11.7 Å². The first-order chi connectivity index (χ1) is 7.65. The van der Waals surface area contributed by atoms with Gasteiger partial charge in [0.15, 0.2) is 0 Å². The summed E-state index contributed by atoms with van der Waals surface area (Å²) >= 11 is 0. The fourth-order valence-electron chi connectivity index (χ4n) is 1.77. The zero-order chi connectivity index (χ0) is 12.0. The molecule has 0 aliphatic carbocycles. The fraction of sp³-hybridized carbons (Fsp3) is 0.818. The van der Waals surface area contributed by atoms with Crippen molar-refractivity contribution >= 4 is 11.9 Å². The van der Waals surface area contributed by atoms with Crippen molar-refractivity contribution in [2.75, 3.05) is 19.7 Å². The van der Waals surface area contributed by atoms with Crippen molar-refractivity contribution in [3.63, 3.8) is 0 Å². The van der Waals surface area contributed by atoms with Gasteiger partial charge in [0.05, 0.1) is 12.4 Å². The summed E-state index contributed by atoms with van der Waals surface area (Å²) in [5, 5.41) is 7.34. The van der Waals surface area contributed by atoms with Gasteiger partial charge < -0.3 is 15.4 Å². The third-order valence-electron chi connectivity index (χ3n) is 2.92. The highest BCUT2D eigenvalue weighted by molar-refractivity contribution is 5.80. The summed E-state index contributed by atoms with van der Waals surface area (Å²) in [6.07, 6.45) is 3.27. The molecule has 0 unspecified atom stereocenters. The van der Waals surface area contributed by atoms with Gasteiger partial charge in [-0.2, -0.15) is 0 Å². The molecule has 1 heterocycles. The molecular weight excluding hydrogens is 206 g/mol. The Labute approximate surface area is 96.4 Å². The molecule has 0 bridgehead atoms. The number of ether oxygens (including phenoxy) is 1. The number of piperidine rings is 1. The number of hydrogen-bond acceptors (Lipinski definition) is 3. The highest BCUT2D eigenvalue weighted by Crippen LogP contribution is 2.17. The molecule has 92 valence electrons. The van der Waals surface area contributed by atoms with Crippen molar-refractivity contribution < 1.29 is 9.53 Å². The van der Waals surface area contributed by atoms with E-state index in [0.29, 0.717) is 19.7 Å². The Balaban J connectivity index is 2.25. The van der Waals surface area contributed by atoms with E-state index >= 15 is 0 Å². The smallest absolute Gasteiger partial charge is 0.409 e. The van der Waals surface area contributed by atoms with Gasteiger partial charge in [0.25, 0.3) is 0 Å². The Bertz CT molecular complexity index is 248. The molecule has 1 rings (SSSR count). The molecule has 16 heavy (non-hydrogen) atoms. The van der Waals surface area contributed by atoms with E-state index in [1.807, 2.05) is 0 Å². The summed E-state index contributed by atoms with van der Waals surface area (Å²) in [4.78, 5) is 13.3. The van der Waals surface area contributed by atoms with Crippen LogP contribution >= 0.6 is 0 Å². The summed E-state index contributed by atoms with van der Waals surface area (Å²) < 4.78 is 5.12. The van der Waals surface area contributed by atoms with E-state index in [2.05, 4.69) is 6.92 Å². The molecule has 0 aromatic heterocycles. The van der Waals surface area contributed by atoms with Crippen LogP contribution in [0.4, 0.5) is 4.79 Å². The topological polar surface area (TPSA) is 79.4 Å². The van der Waals surface area contributed by atoms with Crippen LogP contribution in [-0.2, 0) is 4.74 Å². The predicted octanol–water partition coefficient (Wildman–Crippen LogP) is 1.57. The summed E-state index contributed by atoms with van der Waals surface area (Å²) in [5.74, 6) is 0.374. The Morgan fingerprint density at radius 2 is 2.12 bits per heavy atom. The van der Waals surface area contributed by atoms with Gasteiger partial charge >= 0.3 is 6.09 Å². The monoisotopic (exact) mass is 227 g/mol. The first-order valence-corrected chi connectivity index (χ1v) is 5.90. The number of amidine groups is 1. The lowest BCUT2D eigenvalue weighted by Crippen LogP contribution is -2.41. The average Bonchev–Trinajstić information content (AvgIpc) is 2.29. The molecule has 1 fully saturated rings. The predicted molar refractivity (Wildman–Crippen MR) is 62.5 cm³/mol. The second kappa shape index (κ2) is 6.35. The summed E-state index contributed by atoms with van der Waals surface area (Å²) in [5.41, 5.74) is 5.44. The minimum Gasteiger partial charge on any atom is -0.449 e. The molecule has 5 nitrogen and oxygen atoms in total. The van der Waals surface area contributed by atoms with E-state index in [-0.39, 0.29) is 17.8 Å². The number of carbonyl (C=O) groups excluding carboxylic acids is 1. The first kappa shape index (κ1) is 12.8. The van der Waals surface area contributed by atoms with E-state index in [0.717, 1.165) is 25.7 Å². The maximum absolute atomic E-state index is 11.6. The van der Waals surface area contributed by atoms with Crippen molar-refractivity contribution in [3.8, 4) is 0 Å². The largest absolute Gasteiger partial charge is 0.449 e. The summed E-state index contributed by atoms with van der Waals surface area (Å²) in [6, 6.07) is 0. The molecule has 0 saturated carbocycles. The molecule has 1 aliphatic heterocycles. The van der Waals surface area contributed by atoms with Crippen molar-refractivity contribution in [2.45, 2.75) is 32.6 Å². The Kier molecular flexibility index (Phi) is 5.08. The van der Waals surface area contributed by atoms with E-state index < -0.39 is 0 Å². The maximum atomic E-state index is 11.6. The Morgan fingerprint density at radius 3 is 2.62 bits per heavy atom. The molecule has 1 saturated heterocycles. The number of unbranched alkanes of at least 4 members (excludes halogenated alkanes) is 1. The van der Waals surface area contributed by atoms with Crippen LogP contribution in [0.5, 0.6) is 0 Å². The molecule has 0 aromatic carbocycles. The molecule has 3 N–H and O–H groups in total. The van der Waals surface area contributed by atoms with Crippen molar-refractivity contribution in [1.29, 1.82) is 5.41 Å². The third-order valence-corrected chi connectivity index (χ3v) is 2.92. The lowest BCUT2D eigenvalue weighted by molar-refractivity contribution is 0.0909. The lowest BCUT2D eigenvalue weighted by Gasteiger charge is -2.30. The van der Waals surface area contributed by atoms with Crippen LogP contribution in [0.15, 0.2) is 0 Å². The number of hydrogen-bond donors (Lipinski definition) is 2. The van der Waals surface area contributed by atoms with Crippen molar-refractivity contribution in [3.05, 3.63) is 0 Å². The van der Waals surface area contributed by atoms with E-state index in [1.165, 1.54) is 0 Å². The molecular formula is C11H21N3O2. The molecule has 1 amide bonds. The number of nitrogens with two attached hydrogens (primary N) is 1. The van der Waals surface area contributed by atoms with Gasteiger partial charge in [0.2, 0.25) is 0 Å². The summed E-state index contributed by atoms with van der Waals surface area (Å²) in [7, 11) is 0. The van der Waals surface area contributed by atoms with Crippen LogP contribution in [0.25, 0.3) is 0 Å². The molecule has 0 spiro atoms. The molecule has 5 heteroatoms. The standard InChI is InChI=1S/C11H21N3O2/c1-2-3-8-16-11(15)14-6-4-9(5-7-14)10(12)13/h9H,2-8H2,1H3,(H3,12,13). The molecule has 0 atom stereocenters. The fourth-order valence-corrected chi connectivity index (χ4v) is 1.77. The quantitative estimate of drug-likeness (QED) is 0.434. The molecule has 1 aliphatic rings. The number of likely N-dealkylation sites (tertiary alicyclic amines) is 1. The number of carbonyl (C=O) groups is 1. The summed E-state index contributed by atoms with van der Waals surface area (Å²) in [6.45, 7) is 3.86. The molecule has 0 aromatic rings. The minimum atomic E-state index is -0.226. The lowest BCUT2D eigenvalue weighted by atomic mass is 9.96. The Hall–Kier alpha value is -1.26. The van der Waals surface area contributed by atoms with Crippen LogP contribution in [0, 0.1) is 11.3 Å². The normalized spacial score (nSPS) is 17.2. The third kappa shape index (κ3) is 3.72. The zero-order valence-electron chi connectivity index (χ0n) is 9.87. The number of rotatable bonds is 4. The van der Waals surface area contributed by atoms with E-state index in [9.17, 15) is 4.79 Å². The highest BCUT2D eigenvalue weighted by atomic mass is 16.6. The number of nitrogens with one attached hydrogen (secondary N) is 1. The van der Waals surface area contributed by atoms with Gasteiger partial charge in [-0.25, -0.2) is 4.79 Å². The van der Waals surface area contributed by atoms with Crippen LogP contribution < -0.4 is 5.73 Å². The first-order valence-electron chi connectivity index (χ1n) is 5.90. The van der Waals surface area contributed by atoms with Crippen LogP contribution in [0.3, 0.4) is 0 Å².